The standard InChI is InChI=1S/C11H16N8/c1-2-7-4-12-6-9(7)19(3-1)11-14-10(16-17-11)8-5-13-18-15-8/h5,7,9,12H,1-4,6H2,(H,13,15,18)(H,14,16,17). The van der Waals surface area contributed by atoms with Gasteiger partial charge in [-0.2, -0.15) is 20.4 Å². The molecule has 2 aromatic rings. The molecule has 2 atom stereocenters. The van der Waals surface area contributed by atoms with E-state index in [1.165, 1.54) is 12.8 Å². The summed E-state index contributed by atoms with van der Waals surface area (Å²) in [5, 5.41) is 21.1. The number of anilines is 1. The molecule has 0 aromatic carbocycles. The Balaban J connectivity index is 1.62. The first-order chi connectivity index (χ1) is 9.42. The van der Waals surface area contributed by atoms with Gasteiger partial charge in [-0.1, -0.05) is 0 Å². The van der Waals surface area contributed by atoms with Gasteiger partial charge in [-0.3, -0.25) is 5.10 Å². The van der Waals surface area contributed by atoms with Crippen LogP contribution in [-0.2, 0) is 0 Å². The second-order valence-electron chi connectivity index (χ2n) is 5.16. The number of nitrogens with zero attached hydrogens (tertiary/aromatic N) is 5. The Bertz CT molecular complexity index is 547. The van der Waals surface area contributed by atoms with Crippen LogP contribution < -0.4 is 10.2 Å². The molecule has 4 heterocycles. The van der Waals surface area contributed by atoms with Gasteiger partial charge in [0.05, 0.1) is 6.20 Å². The average molecular weight is 260 g/mol. The molecule has 8 heteroatoms. The highest BCUT2D eigenvalue weighted by Crippen LogP contribution is 2.29. The summed E-state index contributed by atoms with van der Waals surface area (Å²) in [5.41, 5.74) is 0.692. The first-order valence-corrected chi connectivity index (χ1v) is 6.68. The normalized spacial score (nSPS) is 26.6. The van der Waals surface area contributed by atoms with Crippen LogP contribution in [0.15, 0.2) is 6.20 Å². The molecule has 0 amide bonds. The molecule has 0 bridgehead atoms. The molecule has 2 aliphatic rings. The number of hydrogen-bond acceptors (Lipinski definition) is 6. The quantitative estimate of drug-likeness (QED) is 0.690. The van der Waals surface area contributed by atoms with Crippen molar-refractivity contribution in [3.8, 4) is 11.5 Å². The average Bonchev–Trinajstić information content (AvgIpc) is 3.18. The Morgan fingerprint density at radius 2 is 2.26 bits per heavy atom. The first kappa shape index (κ1) is 10.9. The van der Waals surface area contributed by atoms with E-state index in [2.05, 4.69) is 40.8 Å². The Morgan fingerprint density at radius 1 is 1.26 bits per heavy atom. The van der Waals surface area contributed by atoms with Gasteiger partial charge < -0.3 is 10.2 Å². The summed E-state index contributed by atoms with van der Waals surface area (Å²) >= 11 is 0. The van der Waals surface area contributed by atoms with Crippen LogP contribution in [0.3, 0.4) is 0 Å². The van der Waals surface area contributed by atoms with Crippen LogP contribution >= 0.6 is 0 Å². The molecule has 2 fully saturated rings. The van der Waals surface area contributed by atoms with Gasteiger partial charge in [-0.05, 0) is 18.8 Å². The van der Waals surface area contributed by atoms with Crippen molar-refractivity contribution in [2.45, 2.75) is 18.9 Å². The van der Waals surface area contributed by atoms with Gasteiger partial charge in [0.2, 0.25) is 5.95 Å². The summed E-state index contributed by atoms with van der Waals surface area (Å²) in [6, 6.07) is 0.523. The molecule has 4 rings (SSSR count). The molecule has 100 valence electrons. The minimum Gasteiger partial charge on any atom is -0.335 e. The van der Waals surface area contributed by atoms with Gasteiger partial charge in [0.25, 0.3) is 0 Å². The van der Waals surface area contributed by atoms with Crippen molar-refractivity contribution in [1.82, 2.24) is 35.9 Å². The van der Waals surface area contributed by atoms with Crippen molar-refractivity contribution in [2.75, 3.05) is 24.5 Å². The maximum absolute atomic E-state index is 4.55. The SMILES string of the molecule is c1n[nH]nc1-c1nc(N2CCCC3CNCC32)n[nH]1. The van der Waals surface area contributed by atoms with Crippen LogP contribution in [0.4, 0.5) is 5.95 Å². The highest BCUT2D eigenvalue weighted by atomic mass is 15.4. The molecule has 2 aromatic heterocycles. The van der Waals surface area contributed by atoms with E-state index in [4.69, 9.17) is 0 Å². The van der Waals surface area contributed by atoms with Crippen molar-refractivity contribution < 1.29 is 0 Å². The van der Waals surface area contributed by atoms with Crippen molar-refractivity contribution in [3.05, 3.63) is 6.20 Å². The molecule has 0 aliphatic carbocycles. The van der Waals surface area contributed by atoms with Crippen LogP contribution in [0.2, 0.25) is 0 Å². The molecular weight excluding hydrogens is 244 g/mol. The van der Waals surface area contributed by atoms with Crippen LogP contribution in [0.5, 0.6) is 0 Å². The summed E-state index contributed by atoms with van der Waals surface area (Å²) in [6.07, 6.45) is 4.14. The monoisotopic (exact) mass is 260 g/mol. The van der Waals surface area contributed by atoms with E-state index in [1.807, 2.05) is 0 Å². The molecule has 2 aliphatic heterocycles. The van der Waals surface area contributed by atoms with E-state index in [0.29, 0.717) is 17.6 Å². The molecule has 2 saturated heterocycles. The Hall–Kier alpha value is -1.96. The maximum atomic E-state index is 4.55. The second-order valence-corrected chi connectivity index (χ2v) is 5.16. The van der Waals surface area contributed by atoms with E-state index < -0.39 is 0 Å². The largest absolute Gasteiger partial charge is 0.335 e. The number of nitrogens with one attached hydrogen (secondary N) is 3. The summed E-state index contributed by atoms with van der Waals surface area (Å²) < 4.78 is 0. The second kappa shape index (κ2) is 4.30. The maximum Gasteiger partial charge on any atom is 0.245 e. The minimum atomic E-state index is 0.523. The number of rotatable bonds is 2. The zero-order valence-electron chi connectivity index (χ0n) is 10.5. The lowest BCUT2D eigenvalue weighted by molar-refractivity contribution is 0.381. The topological polar surface area (TPSA) is 98.4 Å². The number of aromatic amines is 2. The van der Waals surface area contributed by atoms with Crippen LogP contribution in [0.1, 0.15) is 12.8 Å². The number of piperidine rings is 1. The fraction of sp³-hybridized carbons (Fsp3) is 0.636. The zero-order valence-corrected chi connectivity index (χ0v) is 10.5. The lowest BCUT2D eigenvalue weighted by Gasteiger charge is -2.36. The molecule has 8 nitrogen and oxygen atoms in total. The van der Waals surface area contributed by atoms with Gasteiger partial charge in [-0.15, -0.1) is 5.10 Å². The predicted molar refractivity (Wildman–Crippen MR) is 68.5 cm³/mol. The van der Waals surface area contributed by atoms with E-state index in [0.717, 1.165) is 31.5 Å². The molecule has 0 radical (unpaired) electrons. The molecule has 19 heavy (non-hydrogen) atoms. The van der Waals surface area contributed by atoms with Gasteiger partial charge in [0.1, 0.15) is 5.69 Å². The minimum absolute atomic E-state index is 0.523. The van der Waals surface area contributed by atoms with Crippen molar-refractivity contribution >= 4 is 5.95 Å². The van der Waals surface area contributed by atoms with Crippen molar-refractivity contribution in [1.29, 1.82) is 0 Å². The van der Waals surface area contributed by atoms with Gasteiger partial charge in [-0.25, -0.2) is 0 Å². The summed E-state index contributed by atoms with van der Waals surface area (Å²) in [5.74, 6) is 2.16. The molecule has 0 spiro atoms. The Labute approximate surface area is 110 Å². The van der Waals surface area contributed by atoms with E-state index >= 15 is 0 Å². The highest BCUT2D eigenvalue weighted by Gasteiger charge is 2.36. The first-order valence-electron chi connectivity index (χ1n) is 6.68. The van der Waals surface area contributed by atoms with Crippen molar-refractivity contribution in [3.63, 3.8) is 0 Å². The predicted octanol–water partition coefficient (Wildman–Crippen LogP) is -0.222. The van der Waals surface area contributed by atoms with Gasteiger partial charge >= 0.3 is 0 Å². The van der Waals surface area contributed by atoms with Crippen molar-refractivity contribution in [2.24, 2.45) is 5.92 Å². The Kier molecular flexibility index (Phi) is 2.47. The van der Waals surface area contributed by atoms with E-state index in [-0.39, 0.29) is 0 Å². The number of H-pyrrole nitrogens is 2. The number of fused-ring (bicyclic) bond motifs is 1. The summed E-state index contributed by atoms with van der Waals surface area (Å²) in [7, 11) is 0. The highest BCUT2D eigenvalue weighted by molar-refractivity contribution is 5.49. The molecule has 2 unspecified atom stereocenters. The van der Waals surface area contributed by atoms with E-state index in [9.17, 15) is 0 Å². The fourth-order valence-electron chi connectivity index (χ4n) is 3.13. The van der Waals surface area contributed by atoms with Crippen LogP contribution in [0.25, 0.3) is 11.5 Å². The number of aromatic nitrogens is 6. The summed E-state index contributed by atoms with van der Waals surface area (Å²) in [4.78, 5) is 6.86. The third kappa shape index (κ3) is 1.79. The lowest BCUT2D eigenvalue weighted by atomic mass is 9.92. The molecule has 0 saturated carbocycles. The van der Waals surface area contributed by atoms with E-state index in [1.54, 1.807) is 6.20 Å². The number of hydrogen-bond donors (Lipinski definition) is 3. The van der Waals surface area contributed by atoms with Crippen LogP contribution in [-0.4, -0.2) is 56.3 Å². The fourth-order valence-corrected chi connectivity index (χ4v) is 3.13. The summed E-state index contributed by atoms with van der Waals surface area (Å²) in [6.45, 7) is 3.17. The van der Waals surface area contributed by atoms with Gasteiger partial charge in [0, 0.05) is 25.7 Å². The van der Waals surface area contributed by atoms with Crippen LogP contribution in [0, 0.1) is 5.92 Å². The third-order valence-corrected chi connectivity index (χ3v) is 4.07. The molecule has 3 N–H and O–H groups in total. The smallest absolute Gasteiger partial charge is 0.245 e. The molecular formula is C11H16N8. The lowest BCUT2D eigenvalue weighted by Crippen LogP contribution is -2.45. The zero-order chi connectivity index (χ0) is 12.7. The van der Waals surface area contributed by atoms with Gasteiger partial charge in [0.15, 0.2) is 5.82 Å². The third-order valence-electron chi connectivity index (χ3n) is 4.07. The Morgan fingerprint density at radius 3 is 3.16 bits per heavy atom.